The number of halogens is 1. The molecule has 2 N–H and O–H groups in total. The van der Waals surface area contributed by atoms with Gasteiger partial charge in [0.1, 0.15) is 5.78 Å². The van der Waals surface area contributed by atoms with Crippen LogP contribution in [0.3, 0.4) is 0 Å². The van der Waals surface area contributed by atoms with Gasteiger partial charge in [0, 0.05) is 133 Å². The quantitative estimate of drug-likeness (QED) is 0.0244. The summed E-state index contributed by atoms with van der Waals surface area (Å²) in [6.45, 7) is 56.7. The lowest BCUT2D eigenvalue weighted by atomic mass is 9.84. The number of ketones is 3. The largest absolute Gasteiger partial charge is 0.468 e. The molecule has 5 heterocycles. The van der Waals surface area contributed by atoms with E-state index in [4.69, 9.17) is 34.4 Å². The number of likely N-dealkylation sites (tertiary alicyclic amines) is 4. The number of alkyl halides is 1. The monoisotopic (exact) mass is 1760 g/mol. The Morgan fingerprint density at radius 2 is 0.686 bits per heavy atom. The zero-order valence-electron chi connectivity index (χ0n) is 74.3. The molecule has 0 aromatic heterocycles. The van der Waals surface area contributed by atoms with Crippen molar-refractivity contribution in [2.75, 3.05) is 92.1 Å². The van der Waals surface area contributed by atoms with Crippen LogP contribution < -0.4 is 5.32 Å². The number of ether oxygens (including phenoxy) is 2. The molecule has 5 aliphatic heterocycles. The zero-order valence-corrected chi connectivity index (χ0v) is 78.0. The van der Waals surface area contributed by atoms with Crippen molar-refractivity contribution in [3.8, 4) is 0 Å². The van der Waals surface area contributed by atoms with Gasteiger partial charge in [0.15, 0.2) is 36.5 Å². The first kappa shape index (κ1) is 120. The molecule has 121 heavy (non-hydrogen) atoms. The molecule has 5 aromatic carbocycles. The van der Waals surface area contributed by atoms with Crippen molar-refractivity contribution in [2.24, 2.45) is 0 Å². The molecular formula is C101H178ClN5O11Si3. The van der Waals surface area contributed by atoms with Gasteiger partial charge in [-0.1, -0.05) is 254 Å². The number of Topliss-reactive ketones (excluding diaryl/α,β-unsaturated/α-hetero) is 3. The average Bonchev–Trinajstić information content (AvgIpc) is 0.836. The van der Waals surface area contributed by atoms with E-state index in [1.54, 1.807) is 38.1 Å². The molecule has 5 aliphatic rings. The number of hydrogen-bond acceptors (Lipinski definition) is 16. The van der Waals surface area contributed by atoms with Crippen molar-refractivity contribution in [2.45, 2.75) is 341 Å². The lowest BCUT2D eigenvalue weighted by Gasteiger charge is -2.42. The third kappa shape index (κ3) is 41.7. The van der Waals surface area contributed by atoms with E-state index >= 15 is 0 Å². The van der Waals surface area contributed by atoms with Crippen LogP contribution in [0, 0.1) is 0 Å². The molecule has 0 amide bonds. The highest BCUT2D eigenvalue weighted by atomic mass is 35.5. The number of rotatable bonds is 25. The van der Waals surface area contributed by atoms with Crippen LogP contribution in [-0.4, -0.2) is 195 Å². The van der Waals surface area contributed by atoms with E-state index in [9.17, 15) is 29.1 Å². The molecular weight excluding hydrogens is 1580 g/mol. The first-order chi connectivity index (χ1) is 53.5. The highest BCUT2D eigenvalue weighted by molar-refractivity contribution is 6.75. The number of methoxy groups -OCH3 is 2. The van der Waals surface area contributed by atoms with Crippen molar-refractivity contribution in [3.05, 3.63) is 178 Å². The summed E-state index contributed by atoms with van der Waals surface area (Å²) < 4.78 is 29.1. The van der Waals surface area contributed by atoms with Crippen molar-refractivity contribution in [1.29, 1.82) is 0 Å². The lowest BCUT2D eigenvalue weighted by Crippen LogP contribution is -2.47. The third-order valence-electron chi connectivity index (χ3n) is 24.5. The second kappa shape index (κ2) is 57.4. The van der Waals surface area contributed by atoms with E-state index in [2.05, 4.69) is 205 Å². The Balaban J connectivity index is -0.00000140. The summed E-state index contributed by atoms with van der Waals surface area (Å²) in [7, 11) is -2.07. The number of piperidine rings is 5. The van der Waals surface area contributed by atoms with Gasteiger partial charge in [-0.25, -0.2) is 0 Å². The molecule has 5 fully saturated rings. The number of hydrogen-bond donors (Lipinski definition) is 2. The molecule has 20 heteroatoms. The van der Waals surface area contributed by atoms with E-state index in [0.29, 0.717) is 70.4 Å². The lowest BCUT2D eigenvalue weighted by molar-refractivity contribution is -0.147. The second-order valence-electron chi connectivity index (χ2n) is 37.5. The van der Waals surface area contributed by atoms with Crippen LogP contribution in [0.4, 0.5) is 0 Å². The molecule has 0 radical (unpaired) electrons. The fraction of sp³-hybridized carbons (Fsp3) is 0.653. The number of carbonyl (C=O) groups is 5. The van der Waals surface area contributed by atoms with Crippen LogP contribution in [-0.2, 0) is 67.6 Å². The minimum Gasteiger partial charge on any atom is -0.468 e. The van der Waals surface area contributed by atoms with E-state index in [0.717, 1.165) is 148 Å². The van der Waals surface area contributed by atoms with Crippen LogP contribution in [0.1, 0.15) is 280 Å². The Kier molecular flexibility index (Phi) is 56.8. The summed E-state index contributed by atoms with van der Waals surface area (Å²) in [6, 6.07) is 46.2. The standard InChI is InChI=1S/C26H43NO4Si.C18H31NOSi.C15H19ClO3.C12H17NO.C12H15NO.C11H25NOSi.7CH4/c1-25(2,3)32(7,8)31-22-15-18-27(19-16-22)17-9-10-23(28)20-11-13-21(14-12-20)26(4,5)24(29)30-6;1-18(2,3)21(4,5)20-17-11-13-19(14-12-17)15-16-9-7-6-8-10-16;1-15(2,14(18)19-3)12-8-6-11(7-9-12)13(17)5-4-10-16;2*14-12-6-8-13(9-7-12)10-11-4-2-1-3-5-11;1-11(2,3)14(4,5)13-10-6-8-12-9-7-10;;;;;;;/h11-14,22H,9-10,15-19H2,1-8H3;6-10,17H,11-15H2,1-5H3;6-9H,4-5,10H2,1-3H3;1-5,12,14H,6-10H2;1-5H,6-10H2;10,12H,6-9H2,1-5H3;7*1H4. The van der Waals surface area contributed by atoms with Crippen LogP contribution in [0.25, 0.3) is 0 Å². The molecule has 0 bridgehead atoms. The highest BCUT2D eigenvalue weighted by Crippen LogP contribution is 2.41. The van der Waals surface area contributed by atoms with Gasteiger partial charge in [0.25, 0.3) is 0 Å². The van der Waals surface area contributed by atoms with Crippen LogP contribution in [0.15, 0.2) is 140 Å². The number of carbonyl (C=O) groups excluding carboxylic acids is 5. The van der Waals surface area contributed by atoms with Crippen molar-refractivity contribution in [3.63, 3.8) is 0 Å². The molecule has 692 valence electrons. The zero-order chi connectivity index (χ0) is 84.6. The molecule has 0 atom stereocenters. The Labute approximate surface area is 749 Å². The predicted molar refractivity (Wildman–Crippen MR) is 526 cm³/mol. The molecule has 0 saturated carbocycles. The van der Waals surface area contributed by atoms with Crippen molar-refractivity contribution in [1.82, 2.24) is 24.9 Å². The Morgan fingerprint density at radius 1 is 0.405 bits per heavy atom. The van der Waals surface area contributed by atoms with Crippen LogP contribution in [0.5, 0.6) is 0 Å². The van der Waals surface area contributed by atoms with Gasteiger partial charge in [-0.3, -0.25) is 38.7 Å². The van der Waals surface area contributed by atoms with E-state index in [1.165, 1.54) is 56.6 Å². The van der Waals surface area contributed by atoms with Crippen molar-refractivity contribution >= 4 is 65.8 Å². The van der Waals surface area contributed by atoms with Gasteiger partial charge in [-0.05, 0) is 194 Å². The number of aliphatic hydroxyl groups is 1. The normalized spacial score (nSPS) is 16.3. The van der Waals surface area contributed by atoms with Gasteiger partial charge >= 0.3 is 11.9 Å². The van der Waals surface area contributed by atoms with Gasteiger partial charge in [0.2, 0.25) is 0 Å². The molecule has 0 spiro atoms. The Morgan fingerprint density at radius 3 is 0.983 bits per heavy atom. The third-order valence-corrected chi connectivity index (χ3v) is 38.4. The summed E-state index contributed by atoms with van der Waals surface area (Å²) in [5.74, 6) is 0.545. The summed E-state index contributed by atoms with van der Waals surface area (Å²) >= 11 is 5.57. The summed E-state index contributed by atoms with van der Waals surface area (Å²) in [5.41, 5.74) is 5.71. The minimum absolute atomic E-state index is 0. The maximum Gasteiger partial charge on any atom is 0.315 e. The van der Waals surface area contributed by atoms with Gasteiger partial charge < -0.3 is 38.1 Å². The summed E-state index contributed by atoms with van der Waals surface area (Å²) in [5, 5.41) is 13.6. The number of nitrogens with one attached hydrogen (secondary N) is 1. The second-order valence-corrected chi connectivity index (χ2v) is 52.2. The van der Waals surface area contributed by atoms with Gasteiger partial charge in [-0.15, -0.1) is 11.6 Å². The summed E-state index contributed by atoms with van der Waals surface area (Å²) in [4.78, 5) is 68.9. The van der Waals surface area contributed by atoms with Gasteiger partial charge in [0.05, 0.1) is 31.2 Å². The Hall–Kier alpha value is -5.37. The predicted octanol–water partition coefficient (Wildman–Crippen LogP) is 24.3. The summed E-state index contributed by atoms with van der Waals surface area (Å²) in [6.07, 6.45) is 14.0. The number of aliphatic hydroxyl groups excluding tert-OH is 1. The van der Waals surface area contributed by atoms with Crippen molar-refractivity contribution < 1.29 is 51.8 Å². The molecule has 0 unspecified atom stereocenters. The van der Waals surface area contributed by atoms with Gasteiger partial charge in [-0.2, -0.15) is 0 Å². The Bertz CT molecular complexity index is 3580. The first-order valence-corrected chi connectivity index (χ1v) is 51.7. The minimum atomic E-state index is -1.71. The molecule has 16 nitrogen and oxygen atoms in total. The fourth-order valence-corrected chi connectivity index (χ4v) is 18.0. The maximum absolute atomic E-state index is 12.6. The first-order valence-electron chi connectivity index (χ1n) is 42.5. The average molecular weight is 1760 g/mol. The fourth-order valence-electron chi connectivity index (χ4n) is 13.6. The maximum atomic E-state index is 12.6. The SMILES string of the molecule is C.C.C.C.C.C.C.CC(C)(C)[Si](C)(C)OC1CCN(Cc2ccccc2)CC1.CC(C)(C)[Si](C)(C)OC1CCNCC1.COC(=O)C(C)(C)c1ccc(C(=O)CCCCl)cc1.COC(=O)C(C)(C)c1ccc(C(=O)CCCN2CCC(O[Si](C)(C)C(C)(C)C)CC2)cc1.O=C1CCN(Cc2ccccc2)CC1.OC1CCN(Cc2ccccc2)CC1. The number of esters is 2. The van der Waals surface area contributed by atoms with E-state index in [1.807, 2.05) is 50.2 Å². The van der Waals surface area contributed by atoms with Crippen LogP contribution in [0.2, 0.25) is 54.4 Å². The van der Waals surface area contributed by atoms with E-state index < -0.39 is 35.8 Å². The van der Waals surface area contributed by atoms with Crippen LogP contribution >= 0.6 is 11.6 Å². The highest BCUT2D eigenvalue weighted by Gasteiger charge is 2.42. The number of nitrogens with zero attached hydrogens (tertiary/aromatic N) is 4. The molecule has 0 aliphatic carbocycles. The molecule has 10 rings (SSSR count). The number of benzene rings is 5. The molecule has 5 saturated heterocycles. The topological polar surface area (TPSA) is 177 Å². The molecule has 5 aromatic rings. The van der Waals surface area contributed by atoms with E-state index in [-0.39, 0.29) is 86.6 Å². The smallest absolute Gasteiger partial charge is 0.315 e.